The average Bonchev–Trinajstić information content (AvgIpc) is 3.09. The van der Waals surface area contributed by atoms with Gasteiger partial charge in [0.15, 0.2) is 0 Å². The molecule has 2 atom stereocenters. The Bertz CT molecular complexity index is 1180. The van der Waals surface area contributed by atoms with Gasteiger partial charge in [0.05, 0.1) is 0 Å². The lowest BCUT2D eigenvalue weighted by Gasteiger charge is -2.46. The van der Waals surface area contributed by atoms with E-state index in [1.54, 1.807) is 5.57 Å². The molecule has 30 heavy (non-hydrogen) atoms. The molecular formula is C30H38. The summed E-state index contributed by atoms with van der Waals surface area (Å²) in [6, 6.07) is 7.03. The van der Waals surface area contributed by atoms with Gasteiger partial charge in [-0.1, -0.05) is 90.5 Å². The largest absolute Gasteiger partial charge is 0.0693 e. The van der Waals surface area contributed by atoms with Crippen molar-refractivity contribution in [2.45, 2.75) is 74.7 Å². The van der Waals surface area contributed by atoms with E-state index in [-0.39, 0.29) is 16.2 Å². The summed E-state index contributed by atoms with van der Waals surface area (Å²) in [6.45, 7) is 23.4. The van der Waals surface area contributed by atoms with E-state index in [0.29, 0.717) is 5.92 Å². The van der Waals surface area contributed by atoms with E-state index in [0.717, 1.165) is 0 Å². The van der Waals surface area contributed by atoms with E-state index in [1.807, 2.05) is 0 Å². The molecule has 0 heterocycles. The van der Waals surface area contributed by atoms with Crippen LogP contribution >= 0.6 is 0 Å². The zero-order valence-electron chi connectivity index (χ0n) is 20.6. The summed E-state index contributed by atoms with van der Waals surface area (Å²) in [5.74, 6) is 0.489. The molecule has 0 fully saturated rings. The van der Waals surface area contributed by atoms with E-state index in [2.05, 4.69) is 112 Å². The molecule has 0 heteroatoms. The smallest absolute Gasteiger partial charge is 0.0343 e. The number of fused-ring (bicyclic) bond motifs is 2. The van der Waals surface area contributed by atoms with Crippen LogP contribution in [-0.2, 0) is 5.41 Å². The van der Waals surface area contributed by atoms with E-state index < -0.39 is 0 Å². The summed E-state index contributed by atoms with van der Waals surface area (Å²) in [5.41, 5.74) is 10.5. The third kappa shape index (κ3) is 2.87. The molecule has 1 aromatic rings. The maximum atomic E-state index is 2.58. The van der Waals surface area contributed by atoms with E-state index in [1.165, 1.54) is 43.9 Å². The Hall–Kier alpha value is -2.08. The van der Waals surface area contributed by atoms with Crippen LogP contribution in [0.3, 0.4) is 0 Å². The number of hydrogen-bond donors (Lipinski definition) is 0. The minimum Gasteiger partial charge on any atom is -0.0693 e. The van der Waals surface area contributed by atoms with Crippen LogP contribution in [0.2, 0.25) is 0 Å². The Morgan fingerprint density at radius 2 is 1.57 bits per heavy atom. The standard InChI is InChI=1S/C30H38/c1-18-19(2)21(4)27(20(18)3)30(29(8,9)10)14-13-26-23(17-30)15-22-16-24(28(5,6)7)11-12-25(22)26/h11-17,20H,1-10H3. The Kier molecular flexibility index (Phi) is 4.56. The van der Waals surface area contributed by atoms with Crippen LogP contribution in [0.1, 0.15) is 74.8 Å². The second-order valence-corrected chi connectivity index (χ2v) is 11.7. The molecule has 4 rings (SSSR count). The summed E-state index contributed by atoms with van der Waals surface area (Å²) < 4.78 is 0. The van der Waals surface area contributed by atoms with Crippen molar-refractivity contribution in [3.63, 3.8) is 0 Å². The summed E-state index contributed by atoms with van der Waals surface area (Å²) in [4.78, 5) is 0. The molecule has 0 spiro atoms. The topological polar surface area (TPSA) is 0 Å². The molecule has 0 bridgehead atoms. The average molecular weight is 399 g/mol. The van der Waals surface area contributed by atoms with Crippen LogP contribution in [0.5, 0.6) is 0 Å². The zero-order valence-corrected chi connectivity index (χ0v) is 20.6. The van der Waals surface area contributed by atoms with Gasteiger partial charge in [-0.15, -0.1) is 0 Å². The lowest BCUT2D eigenvalue weighted by atomic mass is 9.57. The van der Waals surface area contributed by atoms with Gasteiger partial charge in [0.25, 0.3) is 0 Å². The minimum absolute atomic E-state index is 0.0697. The van der Waals surface area contributed by atoms with Gasteiger partial charge in [0, 0.05) is 5.41 Å². The van der Waals surface area contributed by atoms with Crippen molar-refractivity contribution in [2.24, 2.45) is 16.7 Å². The molecule has 0 nitrogen and oxygen atoms in total. The third-order valence-corrected chi connectivity index (χ3v) is 8.05. The first-order valence-electron chi connectivity index (χ1n) is 11.5. The monoisotopic (exact) mass is 398 g/mol. The lowest BCUT2D eigenvalue weighted by Crippen LogP contribution is -2.37. The zero-order chi connectivity index (χ0) is 22.2. The van der Waals surface area contributed by atoms with Gasteiger partial charge in [-0.3, -0.25) is 0 Å². The van der Waals surface area contributed by atoms with Gasteiger partial charge in [-0.05, 0) is 87.5 Å². The van der Waals surface area contributed by atoms with Crippen molar-refractivity contribution in [3.8, 4) is 0 Å². The Balaban J connectivity index is 1.95. The van der Waals surface area contributed by atoms with E-state index in [9.17, 15) is 0 Å². The molecular weight excluding hydrogens is 360 g/mol. The van der Waals surface area contributed by atoms with Gasteiger partial charge < -0.3 is 0 Å². The predicted molar refractivity (Wildman–Crippen MR) is 132 cm³/mol. The maximum absolute atomic E-state index is 2.58. The van der Waals surface area contributed by atoms with Crippen LogP contribution in [0.4, 0.5) is 0 Å². The van der Waals surface area contributed by atoms with Crippen molar-refractivity contribution in [2.75, 3.05) is 0 Å². The predicted octanol–water partition coefficient (Wildman–Crippen LogP) is 6.76. The van der Waals surface area contributed by atoms with Gasteiger partial charge in [0.2, 0.25) is 0 Å². The Labute approximate surface area is 183 Å². The van der Waals surface area contributed by atoms with Crippen LogP contribution in [-0.4, -0.2) is 0 Å². The quantitative estimate of drug-likeness (QED) is 0.490. The molecule has 1 aromatic carbocycles. The highest BCUT2D eigenvalue weighted by Gasteiger charge is 2.47. The molecule has 0 N–H and O–H groups in total. The fourth-order valence-corrected chi connectivity index (χ4v) is 5.68. The molecule has 0 aromatic heterocycles. The normalized spacial score (nSPS) is 26.1. The molecule has 3 aliphatic rings. The highest BCUT2D eigenvalue weighted by atomic mass is 14.5. The van der Waals surface area contributed by atoms with Gasteiger partial charge in [-0.2, -0.15) is 0 Å². The first kappa shape index (κ1) is 21.2. The van der Waals surface area contributed by atoms with Gasteiger partial charge >= 0.3 is 0 Å². The molecule has 0 amide bonds. The number of hydrogen-bond acceptors (Lipinski definition) is 0. The number of allylic oxidation sites excluding steroid dienone is 8. The first-order valence-corrected chi connectivity index (χ1v) is 11.5. The van der Waals surface area contributed by atoms with Crippen LogP contribution < -0.4 is 10.4 Å². The molecule has 2 unspecified atom stereocenters. The summed E-state index contributed by atoms with van der Waals surface area (Å²) >= 11 is 0. The molecule has 0 aliphatic heterocycles. The van der Waals surface area contributed by atoms with Crippen LogP contribution in [0, 0.1) is 16.7 Å². The SMILES string of the molecule is CC1=C(C)C(C)C(C2(C(C)(C)C)C=CC3=c4ccc(C(C)(C)C)cc4=CC3=C2)=C1C. The molecule has 0 saturated carbocycles. The minimum atomic E-state index is -0.0697. The number of rotatable bonds is 1. The molecule has 0 saturated heterocycles. The van der Waals surface area contributed by atoms with Crippen molar-refractivity contribution < 1.29 is 0 Å². The molecule has 0 radical (unpaired) electrons. The van der Waals surface area contributed by atoms with Crippen LogP contribution in [0.15, 0.2) is 64.3 Å². The fraction of sp³-hybridized carbons (Fsp3) is 0.467. The van der Waals surface area contributed by atoms with Crippen molar-refractivity contribution in [1.82, 2.24) is 0 Å². The second-order valence-electron chi connectivity index (χ2n) is 11.7. The van der Waals surface area contributed by atoms with Crippen molar-refractivity contribution >= 4 is 11.6 Å². The van der Waals surface area contributed by atoms with E-state index in [4.69, 9.17) is 0 Å². The lowest BCUT2D eigenvalue weighted by molar-refractivity contribution is 0.233. The highest BCUT2D eigenvalue weighted by molar-refractivity contribution is 5.89. The first-order chi connectivity index (χ1) is 13.8. The van der Waals surface area contributed by atoms with E-state index >= 15 is 0 Å². The molecule has 3 aliphatic carbocycles. The Morgan fingerprint density at radius 1 is 0.900 bits per heavy atom. The summed E-state index contributed by atoms with van der Waals surface area (Å²) in [6.07, 6.45) is 9.93. The number of benzene rings is 1. The van der Waals surface area contributed by atoms with Gasteiger partial charge in [0.1, 0.15) is 0 Å². The summed E-state index contributed by atoms with van der Waals surface area (Å²) in [5, 5.41) is 2.75. The summed E-state index contributed by atoms with van der Waals surface area (Å²) in [7, 11) is 0. The second kappa shape index (κ2) is 6.46. The van der Waals surface area contributed by atoms with Crippen molar-refractivity contribution in [1.29, 1.82) is 0 Å². The highest BCUT2D eigenvalue weighted by Crippen LogP contribution is 2.57. The Morgan fingerprint density at radius 3 is 2.10 bits per heavy atom. The maximum Gasteiger partial charge on any atom is 0.0343 e. The fourth-order valence-electron chi connectivity index (χ4n) is 5.68. The van der Waals surface area contributed by atoms with Crippen molar-refractivity contribution in [3.05, 3.63) is 80.3 Å². The van der Waals surface area contributed by atoms with Gasteiger partial charge in [-0.25, -0.2) is 0 Å². The third-order valence-electron chi connectivity index (χ3n) is 8.05. The molecule has 158 valence electrons. The van der Waals surface area contributed by atoms with Crippen LogP contribution in [0.25, 0.3) is 11.6 Å².